The maximum atomic E-state index is 12.5. The third-order valence-corrected chi connectivity index (χ3v) is 6.27. The number of nitrogens with one attached hydrogen (secondary N) is 1. The van der Waals surface area contributed by atoms with E-state index in [1.165, 1.54) is 22.9 Å². The van der Waals surface area contributed by atoms with E-state index in [4.69, 9.17) is 4.74 Å². The number of nitrogens with zero attached hydrogens (tertiary/aromatic N) is 1. The van der Waals surface area contributed by atoms with Gasteiger partial charge < -0.3 is 14.6 Å². The molecular weight excluding hydrogens is 432 g/mol. The van der Waals surface area contributed by atoms with Gasteiger partial charge in [0.1, 0.15) is 0 Å². The Balaban J connectivity index is 1.43. The van der Waals surface area contributed by atoms with Gasteiger partial charge in [-0.05, 0) is 49.7 Å². The van der Waals surface area contributed by atoms with Gasteiger partial charge in [-0.3, -0.25) is 4.79 Å². The minimum absolute atomic E-state index is 0.0978. The van der Waals surface area contributed by atoms with Gasteiger partial charge in [-0.25, -0.2) is 4.79 Å². The van der Waals surface area contributed by atoms with E-state index in [1.54, 1.807) is 31.2 Å². The van der Waals surface area contributed by atoms with E-state index >= 15 is 0 Å². The minimum Gasteiger partial charge on any atom is -0.462 e. The molecule has 0 fully saturated rings. The third-order valence-electron chi connectivity index (χ3n) is 5.23. The second-order valence-corrected chi connectivity index (χ2v) is 8.78. The first-order chi connectivity index (χ1) is 16.0. The van der Waals surface area contributed by atoms with Crippen LogP contribution in [0.3, 0.4) is 0 Å². The van der Waals surface area contributed by atoms with Crippen molar-refractivity contribution in [3.05, 3.63) is 95.7 Å². The molecule has 6 heteroatoms. The number of hydrogen-bond acceptors (Lipinski definition) is 4. The first-order valence-electron chi connectivity index (χ1n) is 10.9. The predicted octanol–water partition coefficient (Wildman–Crippen LogP) is 5.91. The first-order valence-corrected chi connectivity index (χ1v) is 11.9. The fraction of sp³-hybridized carbons (Fsp3) is 0.185. The summed E-state index contributed by atoms with van der Waals surface area (Å²) in [5, 5.41) is 4.03. The van der Waals surface area contributed by atoms with E-state index in [0.29, 0.717) is 17.9 Å². The number of rotatable bonds is 8. The Morgan fingerprint density at radius 3 is 2.55 bits per heavy atom. The van der Waals surface area contributed by atoms with Crippen LogP contribution in [-0.2, 0) is 16.1 Å². The molecule has 1 amide bonds. The number of ether oxygens (including phenoxy) is 1. The maximum Gasteiger partial charge on any atom is 0.338 e. The molecule has 168 valence electrons. The molecule has 1 N–H and O–H groups in total. The first kappa shape index (κ1) is 22.7. The number of thioether (sulfide) groups is 1. The van der Waals surface area contributed by atoms with Gasteiger partial charge in [0.25, 0.3) is 0 Å². The largest absolute Gasteiger partial charge is 0.462 e. The zero-order chi connectivity index (χ0) is 23.2. The van der Waals surface area contributed by atoms with Crippen LogP contribution in [0.5, 0.6) is 0 Å². The number of amides is 1. The van der Waals surface area contributed by atoms with Crippen LogP contribution in [0.1, 0.15) is 28.4 Å². The lowest BCUT2D eigenvalue weighted by atomic mass is 10.1. The maximum absolute atomic E-state index is 12.5. The summed E-state index contributed by atoms with van der Waals surface area (Å²) >= 11 is 1.52. The molecule has 33 heavy (non-hydrogen) atoms. The lowest BCUT2D eigenvalue weighted by Crippen LogP contribution is -2.14. The second-order valence-electron chi connectivity index (χ2n) is 7.76. The van der Waals surface area contributed by atoms with Gasteiger partial charge in [-0.15, -0.1) is 11.8 Å². The fourth-order valence-corrected chi connectivity index (χ4v) is 4.60. The highest BCUT2D eigenvalue weighted by Crippen LogP contribution is 2.30. The molecule has 0 atom stereocenters. The molecule has 0 saturated carbocycles. The molecule has 0 radical (unpaired) electrons. The summed E-state index contributed by atoms with van der Waals surface area (Å²) in [6.07, 6.45) is 2.12. The number of aromatic nitrogens is 1. The Hall–Kier alpha value is -3.51. The number of benzene rings is 3. The Labute approximate surface area is 197 Å². The van der Waals surface area contributed by atoms with Crippen molar-refractivity contribution in [3.8, 4) is 0 Å². The van der Waals surface area contributed by atoms with Gasteiger partial charge in [-0.2, -0.15) is 0 Å². The third kappa shape index (κ3) is 5.65. The van der Waals surface area contributed by atoms with E-state index in [2.05, 4.69) is 59.4 Å². The SMILES string of the molecule is CCOC(=O)c1ccc(NC(=O)CSc2cn(Cc3cccc(C)c3)c3ccccc23)cc1. The van der Waals surface area contributed by atoms with E-state index in [9.17, 15) is 9.59 Å². The van der Waals surface area contributed by atoms with Crippen molar-refractivity contribution in [1.29, 1.82) is 0 Å². The molecule has 3 aromatic carbocycles. The molecule has 0 aliphatic carbocycles. The summed E-state index contributed by atoms with van der Waals surface area (Å²) < 4.78 is 7.22. The molecule has 1 aromatic heterocycles. The lowest BCUT2D eigenvalue weighted by Gasteiger charge is -2.06. The Bertz CT molecular complexity index is 1280. The van der Waals surface area contributed by atoms with Gasteiger partial charge >= 0.3 is 5.97 Å². The molecular formula is C27H26N2O3S. The van der Waals surface area contributed by atoms with Gasteiger partial charge in [0.15, 0.2) is 0 Å². The summed E-state index contributed by atoms with van der Waals surface area (Å²) in [5.41, 5.74) is 4.75. The van der Waals surface area contributed by atoms with E-state index < -0.39 is 0 Å². The van der Waals surface area contributed by atoms with Crippen molar-refractivity contribution >= 4 is 40.2 Å². The molecule has 0 unspecified atom stereocenters. The van der Waals surface area contributed by atoms with Crippen LogP contribution in [0.25, 0.3) is 10.9 Å². The number of aryl methyl sites for hydroxylation is 1. The van der Waals surface area contributed by atoms with Crippen LogP contribution < -0.4 is 5.32 Å². The van der Waals surface area contributed by atoms with Crippen LogP contribution in [0.4, 0.5) is 5.69 Å². The van der Waals surface area contributed by atoms with Gasteiger partial charge in [0.05, 0.1) is 17.9 Å². The molecule has 1 heterocycles. The fourth-order valence-electron chi connectivity index (χ4n) is 3.71. The Kier molecular flexibility index (Phi) is 7.15. The van der Waals surface area contributed by atoms with Crippen molar-refractivity contribution in [3.63, 3.8) is 0 Å². The normalized spacial score (nSPS) is 10.8. The minimum atomic E-state index is -0.368. The topological polar surface area (TPSA) is 60.3 Å². The highest BCUT2D eigenvalue weighted by Gasteiger charge is 2.12. The van der Waals surface area contributed by atoms with Gasteiger partial charge in [0.2, 0.25) is 5.91 Å². The summed E-state index contributed by atoms with van der Waals surface area (Å²) in [6.45, 7) is 4.98. The monoisotopic (exact) mass is 458 g/mol. The highest BCUT2D eigenvalue weighted by atomic mass is 32.2. The number of anilines is 1. The molecule has 0 saturated heterocycles. The molecule has 0 bridgehead atoms. The Morgan fingerprint density at radius 2 is 1.79 bits per heavy atom. The van der Waals surface area contributed by atoms with Crippen molar-refractivity contribution in [2.75, 3.05) is 17.7 Å². The second kappa shape index (κ2) is 10.4. The number of carbonyl (C=O) groups excluding carboxylic acids is 2. The average Bonchev–Trinajstić information content (AvgIpc) is 3.16. The van der Waals surface area contributed by atoms with Crippen LogP contribution in [0.15, 0.2) is 83.9 Å². The summed E-state index contributed by atoms with van der Waals surface area (Å²) in [4.78, 5) is 25.4. The zero-order valence-corrected chi connectivity index (χ0v) is 19.5. The smallest absolute Gasteiger partial charge is 0.338 e. The molecule has 0 aliphatic heterocycles. The van der Waals surface area contributed by atoms with Crippen molar-refractivity contribution in [2.24, 2.45) is 0 Å². The van der Waals surface area contributed by atoms with Crippen molar-refractivity contribution in [1.82, 2.24) is 4.57 Å². The number of para-hydroxylation sites is 1. The predicted molar refractivity (Wildman–Crippen MR) is 134 cm³/mol. The number of hydrogen-bond donors (Lipinski definition) is 1. The van der Waals surface area contributed by atoms with Crippen LogP contribution >= 0.6 is 11.8 Å². The lowest BCUT2D eigenvalue weighted by molar-refractivity contribution is -0.113. The van der Waals surface area contributed by atoms with E-state index in [0.717, 1.165) is 22.3 Å². The zero-order valence-electron chi connectivity index (χ0n) is 18.7. The Morgan fingerprint density at radius 1 is 1.00 bits per heavy atom. The van der Waals surface area contributed by atoms with Crippen molar-refractivity contribution in [2.45, 2.75) is 25.3 Å². The van der Waals surface area contributed by atoms with Crippen LogP contribution in [0.2, 0.25) is 0 Å². The van der Waals surface area contributed by atoms with Gasteiger partial charge in [0, 0.05) is 34.2 Å². The summed E-state index contributed by atoms with van der Waals surface area (Å²) in [5.74, 6) is -0.176. The molecule has 0 aliphatic rings. The molecule has 4 aromatic rings. The van der Waals surface area contributed by atoms with Gasteiger partial charge in [-0.1, -0.05) is 48.0 Å². The van der Waals surface area contributed by atoms with E-state index in [1.807, 2.05) is 12.1 Å². The van der Waals surface area contributed by atoms with Crippen LogP contribution in [-0.4, -0.2) is 28.8 Å². The number of esters is 1. The summed E-state index contributed by atoms with van der Waals surface area (Å²) in [7, 11) is 0. The van der Waals surface area contributed by atoms with Crippen LogP contribution in [0, 0.1) is 6.92 Å². The quantitative estimate of drug-likeness (QED) is 0.264. The highest BCUT2D eigenvalue weighted by molar-refractivity contribution is 8.00. The van der Waals surface area contributed by atoms with E-state index in [-0.39, 0.29) is 17.6 Å². The average molecular weight is 459 g/mol. The summed E-state index contributed by atoms with van der Waals surface area (Å²) in [6, 6.07) is 23.5. The van der Waals surface area contributed by atoms with Crippen molar-refractivity contribution < 1.29 is 14.3 Å². The molecule has 5 nitrogen and oxygen atoms in total. The molecule has 0 spiro atoms. The number of fused-ring (bicyclic) bond motifs is 1. The standard InChI is InChI=1S/C27H26N2O3S/c1-3-32-27(31)21-11-13-22(14-12-21)28-26(30)18-33-25-17-29(24-10-5-4-9-23(24)25)16-20-8-6-7-19(2)15-20/h4-15,17H,3,16,18H2,1-2H3,(H,28,30). The molecule has 4 rings (SSSR count). The number of carbonyl (C=O) groups is 2.